The molecule has 6 aromatic rings. The summed E-state index contributed by atoms with van der Waals surface area (Å²) >= 11 is 0. The molecule has 0 radical (unpaired) electrons. The van der Waals surface area contributed by atoms with Gasteiger partial charge in [-0.3, -0.25) is 0 Å². The van der Waals surface area contributed by atoms with Gasteiger partial charge in [-0.05, 0) is 73.8 Å². The first-order chi connectivity index (χ1) is 20.1. The van der Waals surface area contributed by atoms with Gasteiger partial charge >= 0.3 is 0 Å². The number of hydrogen-bond donors (Lipinski definition) is 0. The minimum Gasteiger partial charge on any atom is -0.457 e. The molecule has 0 fully saturated rings. The van der Waals surface area contributed by atoms with Crippen molar-refractivity contribution >= 4 is 0 Å². The van der Waals surface area contributed by atoms with Crippen LogP contribution in [0.4, 0.5) is 0 Å². The maximum absolute atomic E-state index is 6.48. The van der Waals surface area contributed by atoms with E-state index in [9.17, 15) is 0 Å². The van der Waals surface area contributed by atoms with Crippen LogP contribution in [-0.2, 0) is 10.8 Å². The van der Waals surface area contributed by atoms with Gasteiger partial charge < -0.3 is 4.74 Å². The van der Waals surface area contributed by atoms with Crippen LogP contribution in [0.5, 0.6) is 11.5 Å². The molecule has 1 spiro atoms. The topological polar surface area (TPSA) is 9.23 Å². The lowest BCUT2D eigenvalue weighted by Crippen LogP contribution is -2.25. The number of para-hydroxylation sites is 1. The van der Waals surface area contributed by atoms with E-state index < -0.39 is 0 Å². The second-order valence-corrected chi connectivity index (χ2v) is 12.1. The summed E-state index contributed by atoms with van der Waals surface area (Å²) in [5, 5.41) is 0. The van der Waals surface area contributed by atoms with E-state index in [-0.39, 0.29) is 10.8 Å². The summed E-state index contributed by atoms with van der Waals surface area (Å²) in [4.78, 5) is 0. The van der Waals surface area contributed by atoms with Crippen LogP contribution in [0, 0.1) is 0 Å². The van der Waals surface area contributed by atoms with Crippen molar-refractivity contribution in [1.82, 2.24) is 0 Å². The average Bonchev–Trinajstić information content (AvgIpc) is 3.48. The molecule has 1 heterocycles. The Morgan fingerprint density at radius 1 is 0.390 bits per heavy atom. The van der Waals surface area contributed by atoms with Crippen LogP contribution in [0.3, 0.4) is 0 Å². The molecule has 0 bridgehead atoms. The van der Waals surface area contributed by atoms with Gasteiger partial charge in [0, 0.05) is 16.5 Å². The molecule has 2 aliphatic carbocycles. The zero-order valence-corrected chi connectivity index (χ0v) is 23.1. The van der Waals surface area contributed by atoms with E-state index in [0.717, 1.165) is 11.5 Å². The van der Waals surface area contributed by atoms with Crippen molar-refractivity contribution in [1.29, 1.82) is 0 Å². The highest BCUT2D eigenvalue weighted by molar-refractivity contribution is 5.96. The Morgan fingerprint density at radius 2 is 0.829 bits per heavy atom. The molecule has 1 heteroatoms. The van der Waals surface area contributed by atoms with E-state index >= 15 is 0 Å². The number of fused-ring (bicyclic) bond motifs is 12. The van der Waals surface area contributed by atoms with Gasteiger partial charge in [-0.25, -0.2) is 0 Å². The number of benzene rings is 6. The Hall–Kier alpha value is -4.88. The molecule has 0 atom stereocenters. The lowest BCUT2D eigenvalue weighted by molar-refractivity contribution is 0.418. The van der Waals surface area contributed by atoms with Gasteiger partial charge in [0.25, 0.3) is 0 Å². The van der Waals surface area contributed by atoms with Crippen LogP contribution in [0.2, 0.25) is 0 Å². The molecule has 0 saturated carbocycles. The van der Waals surface area contributed by atoms with Crippen molar-refractivity contribution in [3.63, 3.8) is 0 Å². The van der Waals surface area contributed by atoms with Gasteiger partial charge in [-0.1, -0.05) is 129 Å². The molecule has 9 rings (SSSR count). The van der Waals surface area contributed by atoms with Crippen LogP contribution in [-0.4, -0.2) is 0 Å². The van der Waals surface area contributed by atoms with Crippen LogP contribution in [0.1, 0.15) is 47.2 Å². The van der Waals surface area contributed by atoms with Crippen molar-refractivity contribution in [2.24, 2.45) is 0 Å². The lowest BCUT2D eigenvalue weighted by atomic mass is 9.70. The smallest absolute Gasteiger partial charge is 0.132 e. The first-order valence-electron chi connectivity index (χ1n) is 14.4. The molecule has 3 aliphatic rings. The maximum Gasteiger partial charge on any atom is 0.132 e. The fourth-order valence-corrected chi connectivity index (χ4v) is 7.92. The molecule has 0 saturated heterocycles. The lowest BCUT2D eigenvalue weighted by Gasteiger charge is -2.34. The zero-order valence-electron chi connectivity index (χ0n) is 23.1. The molecule has 41 heavy (non-hydrogen) atoms. The van der Waals surface area contributed by atoms with Crippen LogP contribution in [0.25, 0.3) is 33.4 Å². The third-order valence-corrected chi connectivity index (χ3v) is 9.77. The summed E-state index contributed by atoms with van der Waals surface area (Å²) in [6.45, 7) is 4.58. The minimum absolute atomic E-state index is 0.116. The molecule has 6 aromatic carbocycles. The quantitative estimate of drug-likeness (QED) is 0.208. The Morgan fingerprint density at radius 3 is 1.46 bits per heavy atom. The normalized spacial score (nSPS) is 15.7. The van der Waals surface area contributed by atoms with Crippen molar-refractivity contribution in [2.45, 2.75) is 24.7 Å². The summed E-state index contributed by atoms with van der Waals surface area (Å²) < 4.78 is 6.48. The number of hydrogen-bond acceptors (Lipinski definition) is 1. The molecule has 0 aromatic heterocycles. The molecule has 0 unspecified atom stereocenters. The summed E-state index contributed by atoms with van der Waals surface area (Å²) in [5.74, 6) is 1.90. The van der Waals surface area contributed by atoms with Crippen molar-refractivity contribution in [2.75, 3.05) is 0 Å². The van der Waals surface area contributed by atoms with Crippen LogP contribution >= 0.6 is 0 Å². The van der Waals surface area contributed by atoms with Crippen molar-refractivity contribution in [3.05, 3.63) is 167 Å². The third kappa shape index (κ3) is 2.81. The second-order valence-electron chi connectivity index (χ2n) is 12.1. The Bertz CT molecular complexity index is 2020. The molecule has 194 valence electrons. The highest BCUT2D eigenvalue weighted by atomic mass is 16.5. The monoisotopic (exact) mass is 524 g/mol. The maximum atomic E-state index is 6.48. The molecular formula is C40H28O. The minimum atomic E-state index is -0.301. The van der Waals surface area contributed by atoms with Crippen LogP contribution < -0.4 is 4.74 Å². The average molecular weight is 525 g/mol. The fraction of sp³-hybridized carbons (Fsp3) is 0.100. The third-order valence-electron chi connectivity index (χ3n) is 9.77. The first-order valence-corrected chi connectivity index (χ1v) is 14.4. The van der Waals surface area contributed by atoms with Gasteiger partial charge in [-0.15, -0.1) is 0 Å². The number of ether oxygens (including phenoxy) is 1. The van der Waals surface area contributed by atoms with E-state index in [0.29, 0.717) is 0 Å². The SMILES string of the molecule is CC1(C)c2ccccc2Oc2cc(-c3ccc4c(c3)-c3ccccc3C43c4ccccc4-c4ccccc43)ccc21. The van der Waals surface area contributed by atoms with E-state index in [1.807, 2.05) is 0 Å². The number of rotatable bonds is 1. The Balaban J connectivity index is 1.25. The Kier molecular flexibility index (Phi) is 4.39. The zero-order chi connectivity index (χ0) is 27.3. The summed E-state index contributed by atoms with van der Waals surface area (Å²) in [5.41, 5.74) is 15.2. The predicted molar refractivity (Wildman–Crippen MR) is 167 cm³/mol. The molecule has 0 amide bonds. The predicted octanol–water partition coefficient (Wildman–Crippen LogP) is 10.1. The van der Waals surface area contributed by atoms with Crippen LogP contribution in [0.15, 0.2) is 133 Å². The first kappa shape index (κ1) is 22.9. The summed E-state index contributed by atoms with van der Waals surface area (Å²) in [6, 6.07) is 49.2. The fourth-order valence-electron chi connectivity index (χ4n) is 7.92. The molecule has 1 aliphatic heterocycles. The largest absolute Gasteiger partial charge is 0.457 e. The van der Waals surface area contributed by atoms with Gasteiger partial charge in [-0.2, -0.15) is 0 Å². The highest BCUT2D eigenvalue weighted by Crippen LogP contribution is 2.63. The van der Waals surface area contributed by atoms with Gasteiger partial charge in [0.2, 0.25) is 0 Å². The van der Waals surface area contributed by atoms with E-state index in [1.165, 1.54) is 66.8 Å². The molecular weight excluding hydrogens is 496 g/mol. The summed E-state index contributed by atoms with van der Waals surface area (Å²) in [7, 11) is 0. The van der Waals surface area contributed by atoms with E-state index in [1.54, 1.807) is 0 Å². The molecule has 0 N–H and O–H groups in total. The van der Waals surface area contributed by atoms with Gasteiger partial charge in [0.05, 0.1) is 5.41 Å². The second kappa shape index (κ2) is 7.86. The molecule has 1 nitrogen and oxygen atoms in total. The highest BCUT2D eigenvalue weighted by Gasteiger charge is 2.51. The van der Waals surface area contributed by atoms with E-state index in [2.05, 4.69) is 147 Å². The van der Waals surface area contributed by atoms with Gasteiger partial charge in [0.1, 0.15) is 11.5 Å². The standard InChI is InChI=1S/C40H28O/c1-39(2)35-17-9-10-18-37(35)41-38-24-26(20-22-36(38)39)25-19-21-34-30(23-25)29-13-5-8-16-33(29)40(34)31-14-6-3-11-27(31)28-12-4-7-15-32(28)40/h3-24H,1-2H3. The van der Waals surface area contributed by atoms with Crippen molar-refractivity contribution in [3.8, 4) is 44.9 Å². The Labute approximate surface area is 240 Å². The van der Waals surface area contributed by atoms with E-state index in [4.69, 9.17) is 4.74 Å². The summed E-state index contributed by atoms with van der Waals surface area (Å²) in [6.07, 6.45) is 0. The van der Waals surface area contributed by atoms with Gasteiger partial charge in [0.15, 0.2) is 0 Å². The van der Waals surface area contributed by atoms with Crippen molar-refractivity contribution < 1.29 is 4.74 Å².